The van der Waals surface area contributed by atoms with Gasteiger partial charge < -0.3 is 15.2 Å². The summed E-state index contributed by atoms with van der Waals surface area (Å²) >= 11 is 0. The van der Waals surface area contributed by atoms with Gasteiger partial charge >= 0.3 is 0 Å². The van der Waals surface area contributed by atoms with Gasteiger partial charge in [0.2, 0.25) is 0 Å². The molecule has 0 unspecified atom stereocenters. The zero-order valence-corrected chi connectivity index (χ0v) is 15.5. The Hall–Kier alpha value is -1.64. The SMILES string of the molecule is CCn1cnnc1CNC(=NC)NCc1ccc(C)cc1.I. The number of aryl methyl sites for hydroxylation is 2. The van der Waals surface area contributed by atoms with Gasteiger partial charge in [-0.15, -0.1) is 34.2 Å². The molecule has 0 aliphatic carbocycles. The van der Waals surface area contributed by atoms with Crippen LogP contribution < -0.4 is 10.6 Å². The van der Waals surface area contributed by atoms with Gasteiger partial charge in [-0.25, -0.2) is 0 Å². The highest BCUT2D eigenvalue weighted by atomic mass is 127. The van der Waals surface area contributed by atoms with E-state index >= 15 is 0 Å². The summed E-state index contributed by atoms with van der Waals surface area (Å²) in [5.74, 6) is 1.65. The fourth-order valence-electron chi connectivity index (χ4n) is 1.96. The average molecular weight is 414 g/mol. The molecule has 0 radical (unpaired) electrons. The number of guanidine groups is 1. The van der Waals surface area contributed by atoms with Crippen molar-refractivity contribution in [2.24, 2.45) is 4.99 Å². The summed E-state index contributed by atoms with van der Waals surface area (Å²) in [6.45, 7) is 6.35. The number of halogens is 1. The van der Waals surface area contributed by atoms with Gasteiger partial charge in [-0.3, -0.25) is 4.99 Å². The molecule has 0 spiro atoms. The summed E-state index contributed by atoms with van der Waals surface area (Å²) in [6, 6.07) is 8.44. The first-order valence-corrected chi connectivity index (χ1v) is 7.09. The Morgan fingerprint density at radius 3 is 2.50 bits per heavy atom. The zero-order chi connectivity index (χ0) is 15.1. The highest BCUT2D eigenvalue weighted by Gasteiger charge is 2.04. The average Bonchev–Trinajstić information content (AvgIpc) is 2.96. The van der Waals surface area contributed by atoms with Crippen molar-refractivity contribution in [3.8, 4) is 0 Å². The molecule has 1 aromatic heterocycles. The maximum absolute atomic E-state index is 4.21. The smallest absolute Gasteiger partial charge is 0.191 e. The molecule has 22 heavy (non-hydrogen) atoms. The highest BCUT2D eigenvalue weighted by Crippen LogP contribution is 2.02. The van der Waals surface area contributed by atoms with Crippen LogP contribution in [0.25, 0.3) is 0 Å². The van der Waals surface area contributed by atoms with Crippen molar-refractivity contribution < 1.29 is 0 Å². The highest BCUT2D eigenvalue weighted by molar-refractivity contribution is 14.0. The van der Waals surface area contributed by atoms with Gasteiger partial charge in [0.15, 0.2) is 11.8 Å². The molecule has 0 fully saturated rings. The summed E-state index contributed by atoms with van der Waals surface area (Å²) in [7, 11) is 1.76. The molecule has 1 aromatic carbocycles. The number of nitrogens with zero attached hydrogens (tertiary/aromatic N) is 4. The number of hydrogen-bond acceptors (Lipinski definition) is 3. The van der Waals surface area contributed by atoms with Crippen LogP contribution in [0.15, 0.2) is 35.6 Å². The number of rotatable bonds is 5. The predicted octanol–water partition coefficient (Wildman–Crippen LogP) is 2.09. The lowest BCUT2D eigenvalue weighted by molar-refractivity contribution is 0.670. The Morgan fingerprint density at radius 1 is 1.18 bits per heavy atom. The van der Waals surface area contributed by atoms with Crippen LogP contribution >= 0.6 is 24.0 Å². The molecule has 0 atom stereocenters. The topological polar surface area (TPSA) is 67.1 Å². The Balaban J connectivity index is 0.00000242. The molecular weight excluding hydrogens is 391 g/mol. The minimum absolute atomic E-state index is 0. The summed E-state index contributed by atoms with van der Waals surface area (Å²) in [5.41, 5.74) is 2.49. The molecule has 2 aromatic rings. The third-order valence-electron chi connectivity index (χ3n) is 3.25. The molecule has 2 rings (SSSR count). The van der Waals surface area contributed by atoms with E-state index in [1.165, 1.54) is 11.1 Å². The van der Waals surface area contributed by atoms with Gasteiger partial charge in [0, 0.05) is 20.1 Å². The molecule has 0 saturated carbocycles. The fourth-order valence-corrected chi connectivity index (χ4v) is 1.96. The third kappa shape index (κ3) is 5.28. The van der Waals surface area contributed by atoms with Gasteiger partial charge in [-0.1, -0.05) is 29.8 Å². The van der Waals surface area contributed by atoms with E-state index in [0.717, 1.165) is 24.9 Å². The van der Waals surface area contributed by atoms with Crippen molar-refractivity contribution in [3.63, 3.8) is 0 Å². The molecule has 0 saturated heterocycles. The molecule has 1 heterocycles. The summed E-state index contributed by atoms with van der Waals surface area (Å²) in [6.07, 6.45) is 1.74. The van der Waals surface area contributed by atoms with Gasteiger partial charge in [-0.05, 0) is 19.4 Å². The van der Waals surface area contributed by atoms with Crippen LogP contribution in [0.5, 0.6) is 0 Å². The standard InChI is InChI=1S/C15H22N6.HI/c1-4-21-11-19-20-14(21)10-18-15(16-3)17-9-13-7-5-12(2)6-8-13;/h5-8,11H,4,9-10H2,1-3H3,(H2,16,17,18);1H. The second kappa shape index (κ2) is 9.39. The second-order valence-electron chi connectivity index (χ2n) is 4.80. The number of hydrogen-bond donors (Lipinski definition) is 2. The van der Waals surface area contributed by atoms with E-state index in [-0.39, 0.29) is 24.0 Å². The van der Waals surface area contributed by atoms with Crippen LogP contribution in [0.3, 0.4) is 0 Å². The van der Waals surface area contributed by atoms with E-state index in [2.05, 4.69) is 63.9 Å². The molecule has 0 aliphatic rings. The minimum atomic E-state index is 0. The third-order valence-corrected chi connectivity index (χ3v) is 3.25. The lowest BCUT2D eigenvalue weighted by Crippen LogP contribution is -2.37. The maximum atomic E-state index is 4.21. The van der Waals surface area contributed by atoms with Crippen LogP contribution in [0.2, 0.25) is 0 Å². The lowest BCUT2D eigenvalue weighted by atomic mass is 10.1. The van der Waals surface area contributed by atoms with Crippen LogP contribution in [-0.2, 0) is 19.6 Å². The first-order chi connectivity index (χ1) is 10.2. The molecule has 120 valence electrons. The molecule has 0 aliphatic heterocycles. The minimum Gasteiger partial charge on any atom is -0.352 e. The fraction of sp³-hybridized carbons (Fsp3) is 0.400. The van der Waals surface area contributed by atoms with Crippen molar-refractivity contribution in [2.75, 3.05) is 7.05 Å². The summed E-state index contributed by atoms with van der Waals surface area (Å²) in [5, 5.41) is 14.5. The van der Waals surface area contributed by atoms with E-state index < -0.39 is 0 Å². The second-order valence-corrected chi connectivity index (χ2v) is 4.80. The first-order valence-electron chi connectivity index (χ1n) is 7.09. The number of aromatic nitrogens is 3. The van der Waals surface area contributed by atoms with Crippen molar-refractivity contribution in [2.45, 2.75) is 33.5 Å². The Labute approximate surface area is 148 Å². The number of nitrogens with one attached hydrogen (secondary N) is 2. The van der Waals surface area contributed by atoms with Gasteiger partial charge in [0.25, 0.3) is 0 Å². The van der Waals surface area contributed by atoms with E-state index in [9.17, 15) is 0 Å². The van der Waals surface area contributed by atoms with E-state index in [4.69, 9.17) is 0 Å². The summed E-state index contributed by atoms with van der Waals surface area (Å²) < 4.78 is 2.00. The van der Waals surface area contributed by atoms with E-state index in [0.29, 0.717) is 6.54 Å². The quantitative estimate of drug-likeness (QED) is 0.447. The first kappa shape index (κ1) is 18.4. The van der Waals surface area contributed by atoms with Crippen LogP contribution in [0.4, 0.5) is 0 Å². The molecule has 0 bridgehead atoms. The Kier molecular flexibility index (Phi) is 7.86. The zero-order valence-electron chi connectivity index (χ0n) is 13.2. The summed E-state index contributed by atoms with van der Waals surface area (Å²) in [4.78, 5) is 4.21. The van der Waals surface area contributed by atoms with Crippen LogP contribution in [-0.4, -0.2) is 27.8 Å². The maximum Gasteiger partial charge on any atom is 0.191 e. The monoisotopic (exact) mass is 414 g/mol. The largest absolute Gasteiger partial charge is 0.352 e. The Morgan fingerprint density at radius 2 is 1.86 bits per heavy atom. The molecule has 7 heteroatoms. The lowest BCUT2D eigenvalue weighted by Gasteiger charge is -2.12. The number of benzene rings is 1. The predicted molar refractivity (Wildman–Crippen MR) is 99.3 cm³/mol. The van der Waals surface area contributed by atoms with Crippen molar-refractivity contribution in [1.82, 2.24) is 25.4 Å². The molecule has 0 amide bonds. The van der Waals surface area contributed by atoms with E-state index in [1.54, 1.807) is 13.4 Å². The van der Waals surface area contributed by atoms with Crippen LogP contribution in [0, 0.1) is 6.92 Å². The molecule has 2 N–H and O–H groups in total. The van der Waals surface area contributed by atoms with Crippen molar-refractivity contribution >= 4 is 29.9 Å². The van der Waals surface area contributed by atoms with Crippen molar-refractivity contribution in [3.05, 3.63) is 47.5 Å². The molecule has 6 nitrogen and oxygen atoms in total. The molecular formula is C15H23IN6. The van der Waals surface area contributed by atoms with Crippen molar-refractivity contribution in [1.29, 1.82) is 0 Å². The van der Waals surface area contributed by atoms with Crippen LogP contribution in [0.1, 0.15) is 23.9 Å². The normalized spacial score (nSPS) is 11.0. The van der Waals surface area contributed by atoms with Gasteiger partial charge in [0.05, 0.1) is 6.54 Å². The Bertz CT molecular complexity index is 590. The van der Waals surface area contributed by atoms with Gasteiger partial charge in [0.1, 0.15) is 6.33 Å². The van der Waals surface area contributed by atoms with E-state index in [1.807, 2.05) is 4.57 Å². The van der Waals surface area contributed by atoms with Gasteiger partial charge in [-0.2, -0.15) is 0 Å². The number of aliphatic imine (C=N–C) groups is 1.